The second-order valence-corrected chi connectivity index (χ2v) is 2.13. The Morgan fingerprint density at radius 3 is 2.64 bits per heavy atom. The average molecular weight is 150 g/mol. The molecule has 0 aromatic carbocycles. The average Bonchev–Trinajstić information content (AvgIpc) is 2.43. The van der Waals surface area contributed by atoms with E-state index in [0.29, 0.717) is 0 Å². The molecular weight excluding hydrogens is 148 g/mol. The third-order valence-electron chi connectivity index (χ3n) is 1.47. The molecule has 0 aromatic heterocycles. The molecule has 2 aliphatic heterocycles. The van der Waals surface area contributed by atoms with Gasteiger partial charge in [-0.05, 0) is 0 Å². The minimum absolute atomic E-state index is 0.0556. The highest BCUT2D eigenvalue weighted by molar-refractivity contribution is 5.59. The van der Waals surface area contributed by atoms with Crippen LogP contribution in [0.25, 0.3) is 11.3 Å². The Hall–Kier alpha value is -1.78. The lowest BCUT2D eigenvalue weighted by atomic mass is 10.3. The molecule has 0 fully saturated rings. The summed E-state index contributed by atoms with van der Waals surface area (Å²) in [5.74, 6) is 0. The molecule has 0 bridgehead atoms. The molecule has 0 aromatic rings. The van der Waals surface area contributed by atoms with Gasteiger partial charge in [-0.15, -0.1) is 0 Å². The van der Waals surface area contributed by atoms with Gasteiger partial charge in [-0.25, -0.2) is 0 Å². The lowest BCUT2D eigenvalue weighted by molar-refractivity contribution is 1.24. The molecule has 0 unspecified atom stereocenters. The van der Waals surface area contributed by atoms with Crippen LogP contribution in [0.1, 0.15) is 0 Å². The second-order valence-electron chi connectivity index (χ2n) is 2.13. The molecular formula is C6H2N2O3. The number of hydrogen-bond acceptors (Lipinski definition) is 4. The first-order chi connectivity index (χ1) is 5.20. The first-order valence-electron chi connectivity index (χ1n) is 2.89. The zero-order chi connectivity index (χ0) is 8.01. The summed E-state index contributed by atoms with van der Waals surface area (Å²) in [5, 5.41) is 0. The third kappa shape index (κ3) is 0.590. The molecule has 0 atom stereocenters. The van der Waals surface area contributed by atoms with Gasteiger partial charge in [0.15, 0.2) is 0 Å². The lowest BCUT2D eigenvalue weighted by Gasteiger charge is -1.71. The minimum atomic E-state index is -0.860. The van der Waals surface area contributed by atoms with Crippen LogP contribution in [0.2, 0.25) is 0 Å². The van der Waals surface area contributed by atoms with Crippen LogP contribution in [0, 0.1) is 0 Å². The second kappa shape index (κ2) is 1.63. The van der Waals surface area contributed by atoms with Crippen LogP contribution >= 0.6 is 0 Å². The SMILES string of the molecule is O=c1[nH]cc2c(=O)c(=O)nc1-2. The van der Waals surface area contributed by atoms with E-state index >= 15 is 0 Å². The standard InChI is InChI=1S/C6H2N2O3/c9-4-2-1-7-5(10)3(2)8-6(4)11/h1H,(H,7,10). The number of aromatic nitrogens is 2. The zero-order valence-electron chi connectivity index (χ0n) is 5.25. The molecule has 54 valence electrons. The van der Waals surface area contributed by atoms with E-state index in [1.54, 1.807) is 0 Å². The molecule has 0 radical (unpaired) electrons. The van der Waals surface area contributed by atoms with E-state index in [2.05, 4.69) is 9.97 Å². The summed E-state index contributed by atoms with van der Waals surface area (Å²) >= 11 is 0. The monoisotopic (exact) mass is 150 g/mol. The Labute approximate surface area is 59.4 Å². The highest BCUT2D eigenvalue weighted by atomic mass is 16.2. The van der Waals surface area contributed by atoms with Gasteiger partial charge in [-0.3, -0.25) is 14.4 Å². The number of nitrogens with zero attached hydrogens (tertiary/aromatic N) is 1. The highest BCUT2D eigenvalue weighted by Gasteiger charge is 2.17. The van der Waals surface area contributed by atoms with Crippen LogP contribution in [0.4, 0.5) is 0 Å². The van der Waals surface area contributed by atoms with E-state index in [-0.39, 0.29) is 11.3 Å². The largest absolute Gasteiger partial charge is 0.326 e. The van der Waals surface area contributed by atoms with Gasteiger partial charge in [0.2, 0.25) is 0 Å². The number of aromatic amines is 1. The van der Waals surface area contributed by atoms with Crippen molar-refractivity contribution in [2.45, 2.75) is 0 Å². The molecule has 0 saturated carbocycles. The van der Waals surface area contributed by atoms with Crippen molar-refractivity contribution in [2.24, 2.45) is 0 Å². The first kappa shape index (κ1) is 5.96. The normalized spacial score (nSPS) is 10.9. The smallest absolute Gasteiger partial charge is 0.318 e. The minimum Gasteiger partial charge on any atom is -0.326 e. The first-order valence-corrected chi connectivity index (χ1v) is 2.89. The quantitative estimate of drug-likeness (QED) is 0.462. The van der Waals surface area contributed by atoms with Crippen LogP contribution in [-0.4, -0.2) is 9.97 Å². The van der Waals surface area contributed by atoms with E-state index in [1.807, 2.05) is 0 Å². The Kier molecular flexibility index (Phi) is 0.883. The molecule has 0 saturated heterocycles. The van der Waals surface area contributed by atoms with Crippen molar-refractivity contribution in [3.05, 3.63) is 37.1 Å². The van der Waals surface area contributed by atoms with Gasteiger partial charge in [0.05, 0.1) is 5.56 Å². The van der Waals surface area contributed by atoms with Crippen LogP contribution in [0.3, 0.4) is 0 Å². The van der Waals surface area contributed by atoms with Crippen LogP contribution < -0.4 is 16.5 Å². The van der Waals surface area contributed by atoms with Gasteiger partial charge in [0.1, 0.15) is 5.69 Å². The van der Waals surface area contributed by atoms with E-state index in [0.717, 1.165) is 0 Å². The van der Waals surface area contributed by atoms with Gasteiger partial charge in [-0.2, -0.15) is 4.98 Å². The Balaban J connectivity index is 3.13. The van der Waals surface area contributed by atoms with Gasteiger partial charge in [0.25, 0.3) is 11.0 Å². The molecule has 0 spiro atoms. The lowest BCUT2D eigenvalue weighted by Crippen LogP contribution is -2.19. The van der Waals surface area contributed by atoms with E-state index in [9.17, 15) is 14.4 Å². The van der Waals surface area contributed by atoms with Crippen LogP contribution in [0.15, 0.2) is 20.6 Å². The fourth-order valence-corrected chi connectivity index (χ4v) is 0.948. The Morgan fingerprint density at radius 1 is 1.27 bits per heavy atom. The van der Waals surface area contributed by atoms with Crippen molar-refractivity contribution in [3.8, 4) is 11.3 Å². The number of H-pyrrole nitrogens is 1. The van der Waals surface area contributed by atoms with Crippen molar-refractivity contribution in [1.29, 1.82) is 0 Å². The molecule has 5 nitrogen and oxygen atoms in total. The number of rotatable bonds is 0. The molecule has 2 aliphatic rings. The van der Waals surface area contributed by atoms with Gasteiger partial charge in [-0.1, -0.05) is 0 Å². The van der Waals surface area contributed by atoms with E-state index in [1.165, 1.54) is 6.20 Å². The number of hydrogen-bond donors (Lipinski definition) is 1. The van der Waals surface area contributed by atoms with Gasteiger partial charge >= 0.3 is 5.56 Å². The fourth-order valence-electron chi connectivity index (χ4n) is 0.948. The molecule has 0 aliphatic carbocycles. The van der Waals surface area contributed by atoms with Gasteiger partial charge in [0, 0.05) is 6.20 Å². The van der Waals surface area contributed by atoms with Crippen molar-refractivity contribution in [3.63, 3.8) is 0 Å². The number of nitrogens with one attached hydrogen (secondary N) is 1. The summed E-state index contributed by atoms with van der Waals surface area (Å²) in [6.45, 7) is 0. The molecule has 1 N–H and O–H groups in total. The summed E-state index contributed by atoms with van der Waals surface area (Å²) in [6, 6.07) is 0. The predicted molar refractivity (Wildman–Crippen MR) is 36.4 cm³/mol. The summed E-state index contributed by atoms with van der Waals surface area (Å²) < 4.78 is 0. The van der Waals surface area contributed by atoms with Crippen molar-refractivity contribution in [1.82, 2.24) is 9.97 Å². The van der Waals surface area contributed by atoms with Crippen LogP contribution in [-0.2, 0) is 0 Å². The molecule has 2 rings (SSSR count). The maximum absolute atomic E-state index is 10.8. The Morgan fingerprint density at radius 2 is 2.00 bits per heavy atom. The molecule has 5 heteroatoms. The Bertz CT molecular complexity index is 503. The van der Waals surface area contributed by atoms with Crippen molar-refractivity contribution in [2.75, 3.05) is 0 Å². The maximum Gasteiger partial charge on any atom is 0.318 e. The fraction of sp³-hybridized carbons (Fsp3) is 0. The summed E-state index contributed by atoms with van der Waals surface area (Å²) in [7, 11) is 0. The van der Waals surface area contributed by atoms with E-state index < -0.39 is 16.5 Å². The summed E-state index contributed by atoms with van der Waals surface area (Å²) in [4.78, 5) is 37.7. The van der Waals surface area contributed by atoms with Gasteiger partial charge < -0.3 is 4.98 Å². The predicted octanol–water partition coefficient (Wildman–Crippen LogP) is -1.53. The van der Waals surface area contributed by atoms with Crippen LogP contribution in [0.5, 0.6) is 0 Å². The summed E-state index contributed by atoms with van der Waals surface area (Å²) in [5.41, 5.74) is -2.03. The topological polar surface area (TPSA) is 79.9 Å². The molecule has 0 amide bonds. The summed E-state index contributed by atoms with van der Waals surface area (Å²) in [6.07, 6.45) is 1.20. The maximum atomic E-state index is 10.8. The highest BCUT2D eigenvalue weighted by Crippen LogP contribution is 2.04. The third-order valence-corrected chi connectivity index (χ3v) is 1.47. The van der Waals surface area contributed by atoms with E-state index in [4.69, 9.17) is 0 Å². The molecule has 11 heavy (non-hydrogen) atoms. The zero-order valence-corrected chi connectivity index (χ0v) is 5.25. The molecule has 2 heterocycles. The van der Waals surface area contributed by atoms with Crippen molar-refractivity contribution < 1.29 is 0 Å². The number of fused-ring (bicyclic) bond motifs is 1. The van der Waals surface area contributed by atoms with Crippen molar-refractivity contribution >= 4 is 0 Å².